The molecule has 0 bridgehead atoms. The fourth-order valence-electron chi connectivity index (χ4n) is 2.77. The van der Waals surface area contributed by atoms with Crippen molar-refractivity contribution in [3.63, 3.8) is 0 Å². The maximum atomic E-state index is 12.1. The van der Waals surface area contributed by atoms with Gasteiger partial charge in [-0.25, -0.2) is 9.97 Å². The summed E-state index contributed by atoms with van der Waals surface area (Å²) in [7, 11) is 1.59. The predicted octanol–water partition coefficient (Wildman–Crippen LogP) is 2.30. The van der Waals surface area contributed by atoms with E-state index in [9.17, 15) is 4.79 Å². The SMILES string of the molecule is COCCNC(=O)c1cc(C)nc(NCCc2c[nH]c3ccccc23)n1. The quantitative estimate of drug-likeness (QED) is 0.541. The van der Waals surface area contributed by atoms with E-state index in [2.05, 4.69) is 37.7 Å². The molecule has 1 aromatic carbocycles. The van der Waals surface area contributed by atoms with Crippen molar-refractivity contribution < 1.29 is 9.53 Å². The molecule has 0 fully saturated rings. The number of carbonyl (C=O) groups excluding carboxylic acids is 1. The number of hydrogen-bond acceptors (Lipinski definition) is 5. The number of nitrogens with zero attached hydrogens (tertiary/aromatic N) is 2. The molecule has 0 saturated heterocycles. The molecule has 2 aromatic heterocycles. The molecule has 0 unspecified atom stereocenters. The number of ether oxygens (including phenoxy) is 1. The van der Waals surface area contributed by atoms with Crippen LogP contribution < -0.4 is 10.6 Å². The molecular weight excluding hydrogens is 330 g/mol. The monoisotopic (exact) mass is 353 g/mol. The second-order valence-corrected chi connectivity index (χ2v) is 6.00. The average Bonchev–Trinajstić information content (AvgIpc) is 3.05. The topological polar surface area (TPSA) is 91.9 Å². The number of nitrogens with one attached hydrogen (secondary N) is 3. The van der Waals surface area contributed by atoms with Crippen LogP contribution in [-0.4, -0.2) is 47.7 Å². The van der Waals surface area contributed by atoms with E-state index in [4.69, 9.17) is 4.74 Å². The van der Waals surface area contributed by atoms with E-state index in [0.717, 1.165) is 17.6 Å². The minimum absolute atomic E-state index is 0.229. The summed E-state index contributed by atoms with van der Waals surface area (Å²) in [5.41, 5.74) is 3.46. The van der Waals surface area contributed by atoms with Crippen molar-refractivity contribution in [2.45, 2.75) is 13.3 Å². The molecule has 0 atom stereocenters. The maximum absolute atomic E-state index is 12.1. The highest BCUT2D eigenvalue weighted by molar-refractivity contribution is 5.92. The Balaban J connectivity index is 1.61. The first-order chi connectivity index (χ1) is 12.7. The Kier molecular flexibility index (Phi) is 5.80. The minimum atomic E-state index is -0.229. The van der Waals surface area contributed by atoms with Gasteiger partial charge in [-0.3, -0.25) is 4.79 Å². The summed E-state index contributed by atoms with van der Waals surface area (Å²) >= 11 is 0. The van der Waals surface area contributed by atoms with Crippen LogP contribution >= 0.6 is 0 Å². The molecule has 3 rings (SSSR count). The lowest BCUT2D eigenvalue weighted by molar-refractivity contribution is 0.0932. The number of aromatic amines is 1. The highest BCUT2D eigenvalue weighted by Gasteiger charge is 2.10. The maximum Gasteiger partial charge on any atom is 0.270 e. The van der Waals surface area contributed by atoms with Crippen LogP contribution in [0.25, 0.3) is 10.9 Å². The van der Waals surface area contributed by atoms with Crippen molar-refractivity contribution in [2.75, 3.05) is 32.1 Å². The van der Waals surface area contributed by atoms with Gasteiger partial charge in [0.1, 0.15) is 5.69 Å². The Hall–Kier alpha value is -2.93. The number of amides is 1. The van der Waals surface area contributed by atoms with E-state index >= 15 is 0 Å². The van der Waals surface area contributed by atoms with Crippen LogP contribution in [0.5, 0.6) is 0 Å². The van der Waals surface area contributed by atoms with E-state index in [1.165, 1.54) is 10.9 Å². The van der Waals surface area contributed by atoms with Gasteiger partial charge in [-0.05, 0) is 31.0 Å². The highest BCUT2D eigenvalue weighted by Crippen LogP contribution is 2.18. The Labute approximate surface area is 152 Å². The van der Waals surface area contributed by atoms with Gasteiger partial charge < -0.3 is 20.4 Å². The van der Waals surface area contributed by atoms with E-state index < -0.39 is 0 Å². The number of anilines is 1. The van der Waals surface area contributed by atoms with Gasteiger partial charge in [0.05, 0.1) is 6.61 Å². The lowest BCUT2D eigenvalue weighted by atomic mass is 10.1. The van der Waals surface area contributed by atoms with Crippen LogP contribution in [-0.2, 0) is 11.2 Å². The summed E-state index contributed by atoms with van der Waals surface area (Å²) in [5, 5.41) is 7.20. The molecule has 3 aromatic rings. The lowest BCUT2D eigenvalue weighted by Gasteiger charge is -2.08. The molecule has 7 nitrogen and oxygen atoms in total. The fraction of sp³-hybridized carbons (Fsp3) is 0.316. The van der Waals surface area contributed by atoms with E-state index in [-0.39, 0.29) is 5.91 Å². The van der Waals surface area contributed by atoms with Crippen LogP contribution in [0, 0.1) is 6.92 Å². The number of methoxy groups -OCH3 is 1. The zero-order valence-electron chi connectivity index (χ0n) is 15.0. The second kappa shape index (κ2) is 8.44. The van der Waals surface area contributed by atoms with Gasteiger partial charge in [0.25, 0.3) is 5.91 Å². The number of aromatic nitrogens is 3. The molecule has 0 saturated carbocycles. The summed E-state index contributed by atoms with van der Waals surface area (Å²) < 4.78 is 4.93. The van der Waals surface area contributed by atoms with Gasteiger partial charge in [-0.1, -0.05) is 18.2 Å². The van der Waals surface area contributed by atoms with Gasteiger partial charge in [0.15, 0.2) is 0 Å². The molecule has 0 radical (unpaired) electrons. The molecule has 7 heteroatoms. The van der Waals surface area contributed by atoms with E-state index in [1.807, 2.05) is 25.3 Å². The standard InChI is InChI=1S/C19H23N5O2/c1-13-11-17(18(25)20-9-10-26-2)24-19(23-13)21-8-7-14-12-22-16-6-4-3-5-15(14)16/h3-6,11-12,22H,7-10H2,1-2H3,(H,20,25)(H,21,23,24). The molecule has 1 amide bonds. The van der Waals surface area contributed by atoms with Crippen LogP contribution in [0.3, 0.4) is 0 Å². The lowest BCUT2D eigenvalue weighted by Crippen LogP contribution is -2.28. The first-order valence-corrected chi connectivity index (χ1v) is 8.59. The van der Waals surface area contributed by atoms with Crippen molar-refractivity contribution in [3.05, 3.63) is 53.5 Å². The predicted molar refractivity (Wildman–Crippen MR) is 101 cm³/mol. The number of hydrogen-bond donors (Lipinski definition) is 3. The molecule has 0 aliphatic rings. The van der Waals surface area contributed by atoms with E-state index in [0.29, 0.717) is 31.3 Å². The zero-order chi connectivity index (χ0) is 18.4. The Morgan fingerprint density at radius 2 is 2.08 bits per heavy atom. The van der Waals surface area contributed by atoms with Gasteiger partial charge in [-0.15, -0.1) is 0 Å². The normalized spacial score (nSPS) is 10.8. The molecule has 0 spiro atoms. The molecular formula is C19H23N5O2. The van der Waals surface area contributed by atoms with Crippen LogP contribution in [0.15, 0.2) is 36.5 Å². The third-order valence-corrected chi connectivity index (χ3v) is 4.03. The van der Waals surface area contributed by atoms with Crippen LogP contribution in [0.2, 0.25) is 0 Å². The molecule has 3 N–H and O–H groups in total. The van der Waals surface area contributed by atoms with Gasteiger partial charge >= 0.3 is 0 Å². The number of para-hydroxylation sites is 1. The largest absolute Gasteiger partial charge is 0.383 e. The second-order valence-electron chi connectivity index (χ2n) is 6.00. The molecule has 26 heavy (non-hydrogen) atoms. The third kappa shape index (κ3) is 4.37. The van der Waals surface area contributed by atoms with Crippen LogP contribution in [0.4, 0.5) is 5.95 Å². The zero-order valence-corrected chi connectivity index (χ0v) is 15.0. The Bertz CT molecular complexity index is 891. The number of fused-ring (bicyclic) bond motifs is 1. The van der Waals surface area contributed by atoms with Crippen molar-refractivity contribution in [3.8, 4) is 0 Å². The first kappa shape index (κ1) is 17.9. The van der Waals surface area contributed by atoms with Crippen LogP contribution in [0.1, 0.15) is 21.7 Å². The van der Waals surface area contributed by atoms with Crippen molar-refractivity contribution in [1.82, 2.24) is 20.3 Å². The molecule has 0 aliphatic heterocycles. The minimum Gasteiger partial charge on any atom is -0.383 e. The number of rotatable bonds is 8. The van der Waals surface area contributed by atoms with E-state index in [1.54, 1.807) is 13.2 Å². The Morgan fingerprint density at radius 1 is 1.23 bits per heavy atom. The number of carbonyl (C=O) groups is 1. The third-order valence-electron chi connectivity index (χ3n) is 4.03. The smallest absolute Gasteiger partial charge is 0.270 e. The fourth-order valence-corrected chi connectivity index (χ4v) is 2.77. The Morgan fingerprint density at radius 3 is 2.92 bits per heavy atom. The van der Waals surface area contributed by atoms with Gasteiger partial charge in [-0.2, -0.15) is 0 Å². The molecule has 136 valence electrons. The summed E-state index contributed by atoms with van der Waals surface area (Å²) in [4.78, 5) is 24.1. The molecule has 0 aliphatic carbocycles. The van der Waals surface area contributed by atoms with Crippen molar-refractivity contribution >= 4 is 22.8 Å². The van der Waals surface area contributed by atoms with Crippen molar-refractivity contribution in [2.24, 2.45) is 0 Å². The summed E-state index contributed by atoms with van der Waals surface area (Å²) in [6.45, 7) is 3.43. The van der Waals surface area contributed by atoms with Gasteiger partial charge in [0, 0.05) is 43.0 Å². The summed E-state index contributed by atoms with van der Waals surface area (Å²) in [6.07, 6.45) is 2.86. The number of benzene rings is 1. The molecule has 2 heterocycles. The summed E-state index contributed by atoms with van der Waals surface area (Å²) in [6, 6.07) is 9.88. The highest BCUT2D eigenvalue weighted by atomic mass is 16.5. The van der Waals surface area contributed by atoms with Crippen molar-refractivity contribution in [1.29, 1.82) is 0 Å². The number of aryl methyl sites for hydroxylation is 1. The first-order valence-electron chi connectivity index (χ1n) is 8.59. The van der Waals surface area contributed by atoms with Gasteiger partial charge in [0.2, 0.25) is 5.95 Å². The summed E-state index contributed by atoms with van der Waals surface area (Å²) in [5.74, 6) is 0.231. The number of H-pyrrole nitrogens is 1. The average molecular weight is 353 g/mol.